The van der Waals surface area contributed by atoms with Gasteiger partial charge in [0.15, 0.2) is 0 Å². The minimum atomic E-state index is -0.742. The van der Waals surface area contributed by atoms with Crippen LogP contribution in [0.2, 0.25) is 0 Å². The summed E-state index contributed by atoms with van der Waals surface area (Å²) < 4.78 is 0. The summed E-state index contributed by atoms with van der Waals surface area (Å²) in [5, 5.41) is 2.76. The molecule has 0 aliphatic heterocycles. The van der Waals surface area contributed by atoms with Gasteiger partial charge >= 0.3 is 0 Å². The molecule has 0 aliphatic carbocycles. The van der Waals surface area contributed by atoms with E-state index in [0.29, 0.717) is 0 Å². The summed E-state index contributed by atoms with van der Waals surface area (Å²) in [6.45, 7) is 6.22. The molecular weight excluding hydrogens is 140 g/mol. The Bertz CT molecular complexity index is 127. The van der Waals surface area contributed by atoms with Gasteiger partial charge in [0.25, 0.3) is 0 Å². The molecule has 0 aromatic carbocycles. The SMILES string of the molecule is CCCCNC(=O)C(C)(C)N. The van der Waals surface area contributed by atoms with Gasteiger partial charge in [-0.3, -0.25) is 4.79 Å². The maximum atomic E-state index is 11.1. The molecule has 0 aromatic heterocycles. The molecule has 3 heteroatoms. The van der Waals surface area contributed by atoms with Gasteiger partial charge in [0.2, 0.25) is 5.91 Å². The molecular formula is C8H18N2O. The van der Waals surface area contributed by atoms with Crippen molar-refractivity contribution >= 4 is 5.91 Å². The second kappa shape index (κ2) is 4.34. The number of nitrogens with two attached hydrogens (primary N) is 1. The predicted molar refractivity (Wildman–Crippen MR) is 46.2 cm³/mol. The Morgan fingerprint density at radius 3 is 2.45 bits per heavy atom. The first-order valence-electron chi connectivity index (χ1n) is 4.05. The normalized spacial score (nSPS) is 11.3. The highest BCUT2D eigenvalue weighted by molar-refractivity contribution is 5.84. The molecule has 0 aromatic rings. The molecule has 0 heterocycles. The molecule has 0 saturated heterocycles. The Morgan fingerprint density at radius 1 is 1.55 bits per heavy atom. The van der Waals surface area contributed by atoms with Crippen LogP contribution in [0.15, 0.2) is 0 Å². The minimum Gasteiger partial charge on any atom is -0.355 e. The minimum absolute atomic E-state index is 0.0778. The molecule has 0 bridgehead atoms. The van der Waals surface area contributed by atoms with E-state index in [1.807, 2.05) is 0 Å². The van der Waals surface area contributed by atoms with Crippen LogP contribution in [0.1, 0.15) is 33.6 Å². The Hall–Kier alpha value is -0.570. The lowest BCUT2D eigenvalue weighted by Gasteiger charge is -2.17. The third-order valence-corrected chi connectivity index (χ3v) is 1.40. The van der Waals surface area contributed by atoms with Crippen LogP contribution in [0.25, 0.3) is 0 Å². The molecule has 0 radical (unpaired) electrons. The standard InChI is InChI=1S/C8H18N2O/c1-4-5-6-10-7(11)8(2,3)9/h4-6,9H2,1-3H3,(H,10,11). The Kier molecular flexibility index (Phi) is 4.11. The Morgan fingerprint density at radius 2 is 2.09 bits per heavy atom. The third-order valence-electron chi connectivity index (χ3n) is 1.40. The van der Waals surface area contributed by atoms with Gasteiger partial charge in [-0.1, -0.05) is 13.3 Å². The first-order chi connectivity index (χ1) is 4.98. The smallest absolute Gasteiger partial charge is 0.239 e. The van der Waals surface area contributed by atoms with E-state index in [-0.39, 0.29) is 5.91 Å². The summed E-state index contributed by atoms with van der Waals surface area (Å²) in [6, 6.07) is 0. The Balaban J connectivity index is 3.54. The van der Waals surface area contributed by atoms with Crippen LogP contribution in [0, 0.1) is 0 Å². The van der Waals surface area contributed by atoms with Crippen molar-refractivity contribution in [3.8, 4) is 0 Å². The number of hydrogen-bond donors (Lipinski definition) is 2. The third kappa shape index (κ3) is 4.79. The van der Waals surface area contributed by atoms with Gasteiger partial charge in [-0.2, -0.15) is 0 Å². The topological polar surface area (TPSA) is 55.1 Å². The summed E-state index contributed by atoms with van der Waals surface area (Å²) in [4.78, 5) is 11.1. The largest absolute Gasteiger partial charge is 0.355 e. The zero-order chi connectivity index (χ0) is 8.91. The molecule has 3 N–H and O–H groups in total. The maximum Gasteiger partial charge on any atom is 0.239 e. The second-order valence-corrected chi connectivity index (χ2v) is 3.33. The van der Waals surface area contributed by atoms with E-state index in [0.717, 1.165) is 19.4 Å². The zero-order valence-electron chi connectivity index (χ0n) is 7.61. The number of carbonyl (C=O) groups is 1. The van der Waals surface area contributed by atoms with E-state index in [9.17, 15) is 4.79 Å². The van der Waals surface area contributed by atoms with Crippen molar-refractivity contribution in [1.82, 2.24) is 5.32 Å². The molecule has 0 saturated carbocycles. The number of unbranched alkanes of at least 4 members (excludes halogenated alkanes) is 1. The predicted octanol–water partition coefficient (Wildman–Crippen LogP) is 0.640. The van der Waals surface area contributed by atoms with Gasteiger partial charge < -0.3 is 11.1 Å². The van der Waals surface area contributed by atoms with Crippen molar-refractivity contribution in [1.29, 1.82) is 0 Å². The average molecular weight is 158 g/mol. The molecule has 0 spiro atoms. The molecule has 0 rings (SSSR count). The van der Waals surface area contributed by atoms with Crippen LogP contribution in [-0.2, 0) is 4.79 Å². The summed E-state index contributed by atoms with van der Waals surface area (Å²) in [5.74, 6) is -0.0778. The fourth-order valence-electron chi connectivity index (χ4n) is 0.607. The van der Waals surface area contributed by atoms with Gasteiger partial charge in [0.1, 0.15) is 0 Å². The van der Waals surface area contributed by atoms with Crippen LogP contribution >= 0.6 is 0 Å². The molecule has 1 amide bonds. The maximum absolute atomic E-state index is 11.1. The van der Waals surface area contributed by atoms with Gasteiger partial charge in [0.05, 0.1) is 5.54 Å². The molecule has 0 atom stereocenters. The van der Waals surface area contributed by atoms with Crippen LogP contribution in [0.5, 0.6) is 0 Å². The van der Waals surface area contributed by atoms with Crippen molar-refractivity contribution < 1.29 is 4.79 Å². The van der Waals surface area contributed by atoms with E-state index in [1.165, 1.54) is 0 Å². The van der Waals surface area contributed by atoms with Gasteiger partial charge in [-0.15, -0.1) is 0 Å². The van der Waals surface area contributed by atoms with Crippen LogP contribution in [0.3, 0.4) is 0 Å². The first-order valence-corrected chi connectivity index (χ1v) is 4.05. The highest BCUT2D eigenvalue weighted by Crippen LogP contribution is 1.95. The number of carbonyl (C=O) groups excluding carboxylic acids is 1. The van der Waals surface area contributed by atoms with Crippen molar-refractivity contribution in [2.24, 2.45) is 5.73 Å². The van der Waals surface area contributed by atoms with Gasteiger partial charge in [-0.05, 0) is 20.3 Å². The van der Waals surface area contributed by atoms with Crippen LogP contribution in [-0.4, -0.2) is 18.0 Å². The molecule has 0 fully saturated rings. The lowest BCUT2D eigenvalue weighted by Crippen LogP contribution is -2.49. The summed E-state index contributed by atoms with van der Waals surface area (Å²) in [6.07, 6.45) is 2.10. The lowest BCUT2D eigenvalue weighted by molar-refractivity contribution is -0.125. The number of rotatable bonds is 4. The van der Waals surface area contributed by atoms with E-state index in [2.05, 4.69) is 12.2 Å². The van der Waals surface area contributed by atoms with E-state index < -0.39 is 5.54 Å². The van der Waals surface area contributed by atoms with Gasteiger partial charge in [-0.25, -0.2) is 0 Å². The molecule has 11 heavy (non-hydrogen) atoms. The first kappa shape index (κ1) is 10.4. The van der Waals surface area contributed by atoms with E-state index in [1.54, 1.807) is 13.8 Å². The number of hydrogen-bond acceptors (Lipinski definition) is 2. The number of nitrogens with one attached hydrogen (secondary N) is 1. The zero-order valence-corrected chi connectivity index (χ0v) is 7.61. The fraction of sp³-hybridized carbons (Fsp3) is 0.875. The highest BCUT2D eigenvalue weighted by Gasteiger charge is 2.20. The molecule has 0 unspecified atom stereocenters. The Labute approximate surface area is 68.3 Å². The highest BCUT2D eigenvalue weighted by atomic mass is 16.2. The molecule has 0 aliphatic rings. The quantitative estimate of drug-likeness (QED) is 0.590. The fourth-order valence-corrected chi connectivity index (χ4v) is 0.607. The molecule has 3 nitrogen and oxygen atoms in total. The average Bonchev–Trinajstić information content (AvgIpc) is 1.86. The van der Waals surface area contributed by atoms with Crippen molar-refractivity contribution in [3.63, 3.8) is 0 Å². The summed E-state index contributed by atoms with van der Waals surface area (Å²) in [7, 11) is 0. The van der Waals surface area contributed by atoms with Crippen molar-refractivity contribution in [2.75, 3.05) is 6.54 Å². The van der Waals surface area contributed by atoms with Gasteiger partial charge in [0, 0.05) is 6.54 Å². The summed E-state index contributed by atoms with van der Waals surface area (Å²) in [5.41, 5.74) is 4.81. The van der Waals surface area contributed by atoms with Crippen molar-refractivity contribution in [3.05, 3.63) is 0 Å². The van der Waals surface area contributed by atoms with E-state index >= 15 is 0 Å². The monoisotopic (exact) mass is 158 g/mol. The van der Waals surface area contributed by atoms with Crippen LogP contribution < -0.4 is 11.1 Å². The number of amides is 1. The second-order valence-electron chi connectivity index (χ2n) is 3.33. The molecule has 66 valence electrons. The lowest BCUT2D eigenvalue weighted by atomic mass is 10.1. The summed E-state index contributed by atoms with van der Waals surface area (Å²) >= 11 is 0. The van der Waals surface area contributed by atoms with Crippen LogP contribution in [0.4, 0.5) is 0 Å². The van der Waals surface area contributed by atoms with Crippen molar-refractivity contribution in [2.45, 2.75) is 39.2 Å². The van der Waals surface area contributed by atoms with E-state index in [4.69, 9.17) is 5.73 Å².